The van der Waals surface area contributed by atoms with Crippen LogP contribution in [0.4, 0.5) is 4.39 Å². The number of aryl methyl sites for hydroxylation is 1. The summed E-state index contributed by atoms with van der Waals surface area (Å²) in [6.07, 6.45) is 7.97. The number of aromatic nitrogens is 3. The fourth-order valence-electron chi connectivity index (χ4n) is 3.07. The van der Waals surface area contributed by atoms with Crippen LogP contribution in [0, 0.1) is 5.92 Å². The normalized spacial score (nSPS) is 31.6. The minimum absolute atomic E-state index is 0.0190. The van der Waals surface area contributed by atoms with Crippen LogP contribution in [-0.4, -0.2) is 33.2 Å². The third-order valence-electron chi connectivity index (χ3n) is 4.40. The van der Waals surface area contributed by atoms with Crippen LogP contribution in [0.3, 0.4) is 0 Å². The number of hydrogen-bond donors (Lipinski definition) is 0. The zero-order valence-electron chi connectivity index (χ0n) is 11.2. The van der Waals surface area contributed by atoms with E-state index < -0.39 is 6.17 Å². The lowest BCUT2D eigenvalue weighted by Crippen LogP contribution is -2.30. The van der Waals surface area contributed by atoms with E-state index in [1.807, 2.05) is 4.68 Å². The van der Waals surface area contributed by atoms with Gasteiger partial charge in [-0.3, -0.25) is 4.99 Å². The van der Waals surface area contributed by atoms with E-state index in [0.29, 0.717) is 5.92 Å². The van der Waals surface area contributed by atoms with Crippen molar-refractivity contribution in [3.63, 3.8) is 0 Å². The molecule has 104 valence electrons. The molecular weight excluding hydrogens is 255 g/mol. The first-order valence-electron chi connectivity index (χ1n) is 7.22. The fourth-order valence-corrected chi connectivity index (χ4v) is 3.07. The monoisotopic (exact) mass is 272 g/mol. The van der Waals surface area contributed by atoms with Crippen molar-refractivity contribution in [3.05, 3.63) is 30.4 Å². The average molecular weight is 272 g/mol. The maximum atomic E-state index is 14.0. The smallest absolute Gasteiger partial charge is 0.177 e. The number of hydrogen-bond acceptors (Lipinski definition) is 3. The van der Waals surface area contributed by atoms with Crippen LogP contribution in [0.15, 0.2) is 23.7 Å². The van der Waals surface area contributed by atoms with Crippen molar-refractivity contribution in [1.29, 1.82) is 0 Å². The molecule has 0 aromatic carbocycles. The van der Waals surface area contributed by atoms with E-state index in [-0.39, 0.29) is 12.1 Å². The van der Waals surface area contributed by atoms with Gasteiger partial charge in [-0.1, -0.05) is 6.58 Å². The molecule has 0 spiro atoms. The highest BCUT2D eigenvalue weighted by atomic mass is 19.1. The number of aliphatic imine (C=N–C) groups is 1. The molecule has 1 fully saturated rings. The topological polar surface area (TPSA) is 43.1 Å². The molecule has 3 atom stereocenters. The molecule has 4 rings (SSSR count). The van der Waals surface area contributed by atoms with Gasteiger partial charge in [0, 0.05) is 12.6 Å². The van der Waals surface area contributed by atoms with Crippen molar-refractivity contribution in [1.82, 2.24) is 14.8 Å². The summed E-state index contributed by atoms with van der Waals surface area (Å²) in [7, 11) is 0. The summed E-state index contributed by atoms with van der Waals surface area (Å²) in [4.78, 5) is 8.88. The van der Waals surface area contributed by atoms with Crippen molar-refractivity contribution < 1.29 is 4.39 Å². The van der Waals surface area contributed by atoms with E-state index in [2.05, 4.69) is 21.7 Å². The van der Waals surface area contributed by atoms with Gasteiger partial charge >= 0.3 is 0 Å². The highest BCUT2D eigenvalue weighted by molar-refractivity contribution is 5.72. The first kappa shape index (κ1) is 12.0. The minimum Gasteiger partial charge on any atom is -0.284 e. The van der Waals surface area contributed by atoms with E-state index in [1.54, 1.807) is 18.4 Å². The zero-order valence-corrected chi connectivity index (χ0v) is 11.2. The third kappa shape index (κ3) is 1.84. The Morgan fingerprint density at radius 3 is 2.95 bits per heavy atom. The number of fused-ring (bicyclic) bond motifs is 1. The highest BCUT2D eigenvalue weighted by Gasteiger charge is 2.37. The van der Waals surface area contributed by atoms with Crippen LogP contribution in [0.1, 0.15) is 37.0 Å². The minimum atomic E-state index is -1.03. The Kier molecular flexibility index (Phi) is 2.62. The van der Waals surface area contributed by atoms with E-state index in [9.17, 15) is 4.39 Å². The van der Waals surface area contributed by atoms with Gasteiger partial charge in [0.25, 0.3) is 0 Å². The Labute approximate surface area is 117 Å². The van der Waals surface area contributed by atoms with Crippen molar-refractivity contribution in [2.75, 3.05) is 0 Å². The first-order chi connectivity index (χ1) is 9.74. The molecule has 1 aromatic rings. The number of rotatable bonds is 3. The fraction of sp³-hybridized carbons (Fsp3) is 0.533. The molecule has 5 heteroatoms. The van der Waals surface area contributed by atoms with Crippen LogP contribution < -0.4 is 0 Å². The molecule has 0 saturated heterocycles. The van der Waals surface area contributed by atoms with E-state index in [4.69, 9.17) is 0 Å². The maximum absolute atomic E-state index is 14.0. The molecule has 0 bridgehead atoms. The van der Waals surface area contributed by atoms with Crippen LogP contribution in [0.25, 0.3) is 5.57 Å². The summed E-state index contributed by atoms with van der Waals surface area (Å²) in [5.74, 6) is 2.25. The van der Waals surface area contributed by atoms with Crippen molar-refractivity contribution >= 4 is 11.8 Å². The molecule has 3 heterocycles. The molecule has 3 unspecified atom stereocenters. The second-order valence-corrected chi connectivity index (χ2v) is 5.82. The summed E-state index contributed by atoms with van der Waals surface area (Å²) in [6, 6.07) is -0.389. The van der Waals surface area contributed by atoms with Crippen molar-refractivity contribution in [2.24, 2.45) is 10.9 Å². The second kappa shape index (κ2) is 4.36. The van der Waals surface area contributed by atoms with Crippen LogP contribution in [-0.2, 0) is 6.42 Å². The maximum Gasteiger partial charge on any atom is 0.177 e. The van der Waals surface area contributed by atoms with Crippen molar-refractivity contribution in [2.45, 2.75) is 43.9 Å². The summed E-state index contributed by atoms with van der Waals surface area (Å²) < 4.78 is 15.9. The van der Waals surface area contributed by atoms with E-state index in [0.717, 1.165) is 30.1 Å². The molecule has 3 aliphatic rings. The SMILES string of the molecule is C=C(c1nc2n(n1)C(C1N=CC=CC1F)CC2)C1CC1. The van der Waals surface area contributed by atoms with Gasteiger partial charge in [0.1, 0.15) is 18.0 Å². The Balaban J connectivity index is 1.62. The average Bonchev–Trinajstić information content (AvgIpc) is 3.09. The Bertz CT molecular complexity index is 611. The first-order valence-corrected chi connectivity index (χ1v) is 7.22. The van der Waals surface area contributed by atoms with Gasteiger partial charge in [-0.05, 0) is 42.9 Å². The summed E-state index contributed by atoms with van der Waals surface area (Å²) in [6.45, 7) is 4.10. The van der Waals surface area contributed by atoms with Crippen LogP contribution in [0.2, 0.25) is 0 Å². The molecule has 0 N–H and O–H groups in total. The van der Waals surface area contributed by atoms with Gasteiger partial charge in [-0.15, -0.1) is 0 Å². The number of dihydropyridines is 1. The van der Waals surface area contributed by atoms with Crippen LogP contribution >= 0.6 is 0 Å². The molecule has 20 heavy (non-hydrogen) atoms. The molecule has 1 aliphatic carbocycles. The Morgan fingerprint density at radius 1 is 1.35 bits per heavy atom. The number of halogens is 1. The predicted molar refractivity (Wildman–Crippen MR) is 75.5 cm³/mol. The van der Waals surface area contributed by atoms with Gasteiger partial charge in [0.2, 0.25) is 0 Å². The summed E-state index contributed by atoms with van der Waals surface area (Å²) in [5.41, 5.74) is 1.04. The standard InChI is InChI=1S/C15H17FN4/c1-9(10-4-5-10)15-18-13-7-6-12(20(13)19-15)14-11(16)3-2-8-17-14/h2-3,8,10-12,14H,1,4-7H2. The van der Waals surface area contributed by atoms with Crippen LogP contribution in [0.5, 0.6) is 0 Å². The van der Waals surface area contributed by atoms with Crippen molar-refractivity contribution in [3.8, 4) is 0 Å². The summed E-state index contributed by atoms with van der Waals surface area (Å²) in [5, 5.41) is 4.58. The molecule has 1 aromatic heterocycles. The van der Waals surface area contributed by atoms with Gasteiger partial charge in [0.05, 0.1) is 6.04 Å². The highest BCUT2D eigenvalue weighted by Crippen LogP contribution is 2.41. The summed E-state index contributed by atoms with van der Waals surface area (Å²) >= 11 is 0. The largest absolute Gasteiger partial charge is 0.284 e. The molecular formula is C15H17FN4. The van der Waals surface area contributed by atoms with Gasteiger partial charge in [0.15, 0.2) is 5.82 Å². The lowest BCUT2D eigenvalue weighted by molar-refractivity contribution is 0.265. The number of allylic oxidation sites excluding steroid dienone is 2. The molecule has 2 aliphatic heterocycles. The molecule has 0 amide bonds. The molecule has 4 nitrogen and oxygen atoms in total. The lowest BCUT2D eigenvalue weighted by atomic mass is 10.00. The second-order valence-electron chi connectivity index (χ2n) is 5.82. The lowest BCUT2D eigenvalue weighted by Gasteiger charge is -2.23. The quantitative estimate of drug-likeness (QED) is 0.848. The van der Waals surface area contributed by atoms with Gasteiger partial charge in [-0.25, -0.2) is 14.1 Å². The number of nitrogens with zero attached hydrogens (tertiary/aromatic N) is 4. The molecule has 1 saturated carbocycles. The Morgan fingerprint density at radius 2 is 2.20 bits per heavy atom. The zero-order chi connectivity index (χ0) is 13.7. The van der Waals surface area contributed by atoms with E-state index >= 15 is 0 Å². The predicted octanol–water partition coefficient (Wildman–Crippen LogP) is 2.54. The third-order valence-corrected chi connectivity index (χ3v) is 4.40. The molecule has 0 radical (unpaired) electrons. The van der Waals surface area contributed by atoms with Gasteiger partial charge in [-0.2, -0.15) is 5.10 Å². The van der Waals surface area contributed by atoms with Gasteiger partial charge < -0.3 is 0 Å². The van der Waals surface area contributed by atoms with E-state index in [1.165, 1.54) is 12.8 Å². The Hall–Kier alpha value is -1.78. The number of alkyl halides is 1.